The van der Waals surface area contributed by atoms with Crippen molar-refractivity contribution in [2.24, 2.45) is 5.10 Å². The van der Waals surface area contributed by atoms with Gasteiger partial charge in [-0.25, -0.2) is 5.43 Å². The molecule has 0 saturated carbocycles. The molecular weight excluding hydrogens is 396 g/mol. The molecule has 1 amide bonds. The number of hydrogen-bond acceptors (Lipinski definition) is 5. The molecule has 0 saturated heterocycles. The lowest BCUT2D eigenvalue weighted by atomic mass is 10.1. The molecule has 160 valence electrons. The summed E-state index contributed by atoms with van der Waals surface area (Å²) in [6, 6.07) is 16.3. The molecule has 0 atom stereocenters. The molecule has 0 fully saturated rings. The normalized spacial score (nSPS) is 10.9. The van der Waals surface area contributed by atoms with E-state index >= 15 is 0 Å². The summed E-state index contributed by atoms with van der Waals surface area (Å²) in [7, 11) is 0. The van der Waals surface area contributed by atoms with Crippen LogP contribution in [-0.4, -0.2) is 28.2 Å². The third-order valence-electron chi connectivity index (χ3n) is 4.89. The molecule has 0 bridgehead atoms. The fourth-order valence-electron chi connectivity index (χ4n) is 3.28. The molecule has 1 heterocycles. The summed E-state index contributed by atoms with van der Waals surface area (Å²) in [4.78, 5) is 22.4. The highest BCUT2D eigenvalue weighted by Gasteiger charge is 2.15. The maximum absolute atomic E-state index is 12.0. The Morgan fingerprint density at radius 3 is 2.58 bits per heavy atom. The summed E-state index contributed by atoms with van der Waals surface area (Å²) < 4.78 is 7.38. The van der Waals surface area contributed by atoms with Crippen molar-refractivity contribution >= 4 is 17.8 Å². The summed E-state index contributed by atoms with van der Waals surface area (Å²) in [6.45, 7) is 5.74. The van der Waals surface area contributed by atoms with Crippen molar-refractivity contribution in [1.82, 2.24) is 9.99 Å². The van der Waals surface area contributed by atoms with Crippen molar-refractivity contribution in [3.05, 3.63) is 87.2 Å². The van der Waals surface area contributed by atoms with Gasteiger partial charge in [-0.05, 0) is 50.1 Å². The van der Waals surface area contributed by atoms with Crippen molar-refractivity contribution in [3.63, 3.8) is 0 Å². The number of amides is 1. The lowest BCUT2D eigenvalue weighted by Crippen LogP contribution is -2.24. The lowest BCUT2D eigenvalue weighted by molar-refractivity contribution is -0.385. The van der Waals surface area contributed by atoms with Gasteiger partial charge in [-0.1, -0.05) is 31.2 Å². The van der Waals surface area contributed by atoms with E-state index in [0.717, 1.165) is 29.1 Å². The van der Waals surface area contributed by atoms with Gasteiger partial charge in [-0.2, -0.15) is 5.10 Å². The van der Waals surface area contributed by atoms with Crippen molar-refractivity contribution in [2.75, 3.05) is 6.61 Å². The number of carbonyl (C=O) groups is 1. The quantitative estimate of drug-likeness (QED) is 0.337. The highest BCUT2D eigenvalue weighted by atomic mass is 16.6. The van der Waals surface area contributed by atoms with Crippen LogP contribution in [-0.2, 0) is 11.2 Å². The van der Waals surface area contributed by atoms with Gasteiger partial charge in [0, 0.05) is 28.7 Å². The highest BCUT2D eigenvalue weighted by molar-refractivity contribution is 5.84. The Morgan fingerprint density at radius 2 is 1.90 bits per heavy atom. The van der Waals surface area contributed by atoms with Gasteiger partial charge < -0.3 is 9.30 Å². The highest BCUT2D eigenvalue weighted by Crippen LogP contribution is 2.25. The summed E-state index contributed by atoms with van der Waals surface area (Å²) in [5.41, 5.74) is 7.45. The number of rotatable bonds is 8. The second-order valence-electron chi connectivity index (χ2n) is 6.99. The van der Waals surface area contributed by atoms with Crippen LogP contribution < -0.4 is 10.2 Å². The van der Waals surface area contributed by atoms with Crippen molar-refractivity contribution in [2.45, 2.75) is 27.2 Å². The number of nitrogens with one attached hydrogen (secondary N) is 1. The van der Waals surface area contributed by atoms with Crippen LogP contribution in [0.4, 0.5) is 5.69 Å². The van der Waals surface area contributed by atoms with Crippen molar-refractivity contribution in [1.29, 1.82) is 0 Å². The molecule has 1 aromatic heterocycles. The number of hydrazone groups is 1. The van der Waals surface area contributed by atoms with Gasteiger partial charge in [0.15, 0.2) is 12.4 Å². The summed E-state index contributed by atoms with van der Waals surface area (Å²) in [5.74, 6) is -0.484. The first-order valence-electron chi connectivity index (χ1n) is 9.87. The van der Waals surface area contributed by atoms with Gasteiger partial charge in [0.2, 0.25) is 0 Å². The number of hydrogen-bond donors (Lipinski definition) is 1. The van der Waals surface area contributed by atoms with E-state index in [-0.39, 0.29) is 18.0 Å². The zero-order valence-corrected chi connectivity index (χ0v) is 17.7. The number of benzene rings is 2. The van der Waals surface area contributed by atoms with E-state index in [4.69, 9.17) is 4.74 Å². The summed E-state index contributed by atoms with van der Waals surface area (Å²) in [5, 5.41) is 15.0. The first kappa shape index (κ1) is 21.8. The van der Waals surface area contributed by atoms with E-state index in [1.54, 1.807) is 12.3 Å². The Morgan fingerprint density at radius 1 is 1.19 bits per heavy atom. The zero-order valence-electron chi connectivity index (χ0n) is 17.7. The van der Waals surface area contributed by atoms with E-state index in [0.29, 0.717) is 0 Å². The number of para-hydroxylation sites is 2. The van der Waals surface area contributed by atoms with Crippen LogP contribution in [0.2, 0.25) is 0 Å². The molecule has 0 radical (unpaired) electrons. The molecule has 8 heteroatoms. The molecule has 0 aliphatic rings. The number of ether oxygens (including phenoxy) is 1. The molecule has 2 aromatic carbocycles. The number of nitro benzene ring substituents is 1. The minimum atomic E-state index is -0.559. The van der Waals surface area contributed by atoms with Gasteiger partial charge in [-0.15, -0.1) is 0 Å². The van der Waals surface area contributed by atoms with Gasteiger partial charge in [0.05, 0.1) is 11.1 Å². The average Bonchev–Trinajstić information content (AvgIpc) is 3.05. The summed E-state index contributed by atoms with van der Waals surface area (Å²) >= 11 is 0. The summed E-state index contributed by atoms with van der Waals surface area (Å²) in [6.07, 6.45) is 2.56. The van der Waals surface area contributed by atoms with Gasteiger partial charge in [0.25, 0.3) is 5.91 Å². The second kappa shape index (κ2) is 9.71. The molecule has 0 unspecified atom stereocenters. The maximum atomic E-state index is 12.0. The molecule has 3 aromatic rings. The first-order valence-corrected chi connectivity index (χ1v) is 9.87. The predicted molar refractivity (Wildman–Crippen MR) is 119 cm³/mol. The van der Waals surface area contributed by atoms with E-state index in [2.05, 4.69) is 46.3 Å². The second-order valence-corrected chi connectivity index (χ2v) is 6.99. The maximum Gasteiger partial charge on any atom is 0.310 e. The van der Waals surface area contributed by atoms with Crippen LogP contribution >= 0.6 is 0 Å². The monoisotopic (exact) mass is 420 g/mol. The SMILES string of the molecule is CCc1ccc(-n2c(C)cc(/C=N/NC(=O)COc3ccccc3[N+](=O)[O-])c2C)cc1. The van der Waals surface area contributed by atoms with Gasteiger partial charge in [-0.3, -0.25) is 14.9 Å². The van der Waals surface area contributed by atoms with Crippen LogP contribution in [0.1, 0.15) is 29.4 Å². The first-order chi connectivity index (χ1) is 14.9. The van der Waals surface area contributed by atoms with E-state index in [1.807, 2.05) is 19.9 Å². The Balaban J connectivity index is 1.63. The third kappa shape index (κ3) is 5.16. The standard InChI is InChI=1S/C23H24N4O4/c1-4-18-9-11-20(12-10-18)26-16(2)13-19(17(26)3)14-24-25-23(28)15-31-22-8-6-5-7-21(22)27(29)30/h5-14H,4,15H2,1-3H3,(H,25,28)/b24-14+. The fraction of sp³-hybridized carbons (Fsp3) is 0.217. The smallest absolute Gasteiger partial charge is 0.310 e. The minimum Gasteiger partial charge on any atom is -0.477 e. The van der Waals surface area contributed by atoms with E-state index < -0.39 is 10.8 Å². The fourth-order valence-corrected chi connectivity index (χ4v) is 3.28. The molecular formula is C23H24N4O4. The number of nitrogens with zero attached hydrogens (tertiary/aromatic N) is 3. The Bertz CT molecular complexity index is 1120. The molecule has 0 aliphatic carbocycles. The average molecular weight is 420 g/mol. The number of carbonyl (C=O) groups excluding carboxylic acids is 1. The van der Waals surface area contributed by atoms with Crippen LogP contribution in [0.5, 0.6) is 5.75 Å². The minimum absolute atomic E-state index is 0.0317. The number of nitro groups is 1. The predicted octanol–water partition coefficient (Wildman–Crippen LogP) is 4.09. The number of aromatic nitrogens is 1. The molecule has 0 spiro atoms. The van der Waals surface area contributed by atoms with E-state index in [1.165, 1.54) is 23.8 Å². The molecule has 8 nitrogen and oxygen atoms in total. The molecule has 1 N–H and O–H groups in total. The van der Waals surface area contributed by atoms with E-state index in [9.17, 15) is 14.9 Å². The molecule has 0 aliphatic heterocycles. The van der Waals surface area contributed by atoms with Crippen LogP contribution in [0.25, 0.3) is 5.69 Å². The van der Waals surface area contributed by atoms with Crippen LogP contribution in [0.3, 0.4) is 0 Å². The Labute approximate surface area is 180 Å². The largest absolute Gasteiger partial charge is 0.477 e. The van der Waals surface area contributed by atoms with Crippen molar-refractivity contribution in [3.8, 4) is 11.4 Å². The molecule has 3 rings (SSSR count). The lowest BCUT2D eigenvalue weighted by Gasteiger charge is -2.10. The van der Waals surface area contributed by atoms with Gasteiger partial charge in [0.1, 0.15) is 0 Å². The number of aryl methyl sites for hydroxylation is 2. The Kier molecular flexibility index (Phi) is 6.81. The van der Waals surface area contributed by atoms with Crippen LogP contribution in [0, 0.1) is 24.0 Å². The topological polar surface area (TPSA) is 98.8 Å². The van der Waals surface area contributed by atoms with Crippen LogP contribution in [0.15, 0.2) is 59.7 Å². The third-order valence-corrected chi connectivity index (χ3v) is 4.89. The molecule has 31 heavy (non-hydrogen) atoms. The Hall–Kier alpha value is -3.94. The van der Waals surface area contributed by atoms with Crippen molar-refractivity contribution < 1.29 is 14.5 Å². The van der Waals surface area contributed by atoms with Gasteiger partial charge >= 0.3 is 5.69 Å². The zero-order chi connectivity index (χ0) is 22.4.